The maximum atomic E-state index is 10.9. The van der Waals surface area contributed by atoms with Gasteiger partial charge in [-0.1, -0.05) is 6.07 Å². The van der Waals surface area contributed by atoms with Gasteiger partial charge in [0.2, 0.25) is 0 Å². The van der Waals surface area contributed by atoms with Gasteiger partial charge in [-0.2, -0.15) is 0 Å². The third-order valence-corrected chi connectivity index (χ3v) is 3.35. The van der Waals surface area contributed by atoms with Gasteiger partial charge in [0.05, 0.1) is 6.61 Å². The minimum Gasteiger partial charge on any atom is -0.493 e. The second-order valence-electron chi connectivity index (χ2n) is 5.38. The number of aryl methyl sites for hydroxylation is 2. The number of ether oxygens (including phenoxy) is 1. The van der Waals surface area contributed by atoms with E-state index in [4.69, 9.17) is 15.6 Å². The lowest BCUT2D eigenvalue weighted by Gasteiger charge is -2.19. The van der Waals surface area contributed by atoms with Crippen LogP contribution < -0.4 is 10.5 Å². The first kappa shape index (κ1) is 15.5. The Morgan fingerprint density at radius 1 is 1.37 bits per heavy atom. The highest BCUT2D eigenvalue weighted by Crippen LogP contribution is 2.23. The number of rotatable bonds is 6. The maximum Gasteiger partial charge on any atom is 0.323 e. The average Bonchev–Trinajstić information content (AvgIpc) is 2.30. The molecule has 0 fully saturated rings. The van der Waals surface area contributed by atoms with Gasteiger partial charge in [-0.3, -0.25) is 4.79 Å². The smallest absolute Gasteiger partial charge is 0.323 e. The van der Waals surface area contributed by atoms with Gasteiger partial charge in [-0.15, -0.1) is 0 Å². The van der Waals surface area contributed by atoms with Crippen LogP contribution in [0, 0.1) is 20.8 Å². The normalized spacial score (nSPS) is 13.9. The fraction of sp³-hybridized carbons (Fsp3) is 0.533. The first-order valence-corrected chi connectivity index (χ1v) is 6.47. The van der Waals surface area contributed by atoms with Crippen LogP contribution in [0.4, 0.5) is 0 Å². The molecular weight excluding hydrogens is 242 g/mol. The molecule has 19 heavy (non-hydrogen) atoms. The number of aliphatic carboxylic acids is 1. The molecule has 1 aromatic rings. The summed E-state index contributed by atoms with van der Waals surface area (Å²) in [5.41, 5.74) is 7.96. The molecule has 1 unspecified atom stereocenters. The van der Waals surface area contributed by atoms with Crippen molar-refractivity contribution in [2.24, 2.45) is 5.73 Å². The van der Waals surface area contributed by atoms with E-state index < -0.39 is 11.5 Å². The van der Waals surface area contributed by atoms with E-state index >= 15 is 0 Å². The Hall–Kier alpha value is -1.55. The lowest BCUT2D eigenvalue weighted by atomic mass is 9.98. The zero-order valence-electron chi connectivity index (χ0n) is 12.1. The van der Waals surface area contributed by atoms with E-state index in [1.807, 2.05) is 19.9 Å². The molecule has 0 aliphatic carbocycles. The molecule has 106 valence electrons. The molecule has 0 saturated heterocycles. The zero-order chi connectivity index (χ0) is 14.6. The molecule has 0 bridgehead atoms. The standard InChI is InChI=1S/C15H23NO3/c1-10-8-11(2)12(3)13(9-10)19-7-5-6-15(4,16)14(17)18/h8-9H,5-7,16H2,1-4H3,(H,17,18). The van der Waals surface area contributed by atoms with Crippen LogP contribution in [-0.2, 0) is 4.79 Å². The molecule has 1 aromatic carbocycles. The van der Waals surface area contributed by atoms with Crippen molar-refractivity contribution >= 4 is 5.97 Å². The van der Waals surface area contributed by atoms with Crippen LogP contribution in [0.1, 0.15) is 36.5 Å². The number of hydrogen-bond acceptors (Lipinski definition) is 3. The summed E-state index contributed by atoms with van der Waals surface area (Å²) in [6.07, 6.45) is 1.01. The van der Waals surface area contributed by atoms with Gasteiger partial charge in [-0.25, -0.2) is 0 Å². The van der Waals surface area contributed by atoms with Crippen LogP contribution >= 0.6 is 0 Å². The quantitative estimate of drug-likeness (QED) is 0.775. The van der Waals surface area contributed by atoms with Crippen LogP contribution in [0.15, 0.2) is 12.1 Å². The summed E-state index contributed by atoms with van der Waals surface area (Å²) in [4.78, 5) is 10.9. The molecule has 0 saturated carbocycles. The van der Waals surface area contributed by atoms with E-state index in [1.165, 1.54) is 12.5 Å². The van der Waals surface area contributed by atoms with E-state index in [0.717, 1.165) is 16.9 Å². The highest BCUT2D eigenvalue weighted by Gasteiger charge is 2.26. The molecule has 3 N–H and O–H groups in total. The van der Waals surface area contributed by atoms with Crippen molar-refractivity contribution in [1.82, 2.24) is 0 Å². The fourth-order valence-electron chi connectivity index (χ4n) is 1.88. The molecule has 1 atom stereocenters. The van der Waals surface area contributed by atoms with Crippen LogP contribution in [0.5, 0.6) is 5.75 Å². The minimum atomic E-state index is -1.18. The predicted molar refractivity (Wildman–Crippen MR) is 75.6 cm³/mol. The number of nitrogens with two attached hydrogens (primary N) is 1. The van der Waals surface area contributed by atoms with Gasteiger partial charge in [-0.05, 0) is 63.3 Å². The number of carboxylic acids is 1. The van der Waals surface area contributed by atoms with Gasteiger partial charge in [0.25, 0.3) is 0 Å². The predicted octanol–water partition coefficient (Wildman–Crippen LogP) is 2.57. The summed E-state index contributed by atoms with van der Waals surface area (Å²) in [7, 11) is 0. The average molecular weight is 265 g/mol. The number of carboxylic acid groups (broad SMARTS) is 1. The van der Waals surface area contributed by atoms with Gasteiger partial charge >= 0.3 is 5.97 Å². The Morgan fingerprint density at radius 3 is 2.58 bits per heavy atom. The van der Waals surface area contributed by atoms with Crippen molar-refractivity contribution in [2.45, 2.75) is 46.1 Å². The van der Waals surface area contributed by atoms with Crippen LogP contribution in [0.25, 0.3) is 0 Å². The van der Waals surface area contributed by atoms with Crippen molar-refractivity contribution in [3.63, 3.8) is 0 Å². The fourth-order valence-corrected chi connectivity index (χ4v) is 1.88. The molecule has 1 rings (SSSR count). The molecule has 0 spiro atoms. The summed E-state index contributed by atoms with van der Waals surface area (Å²) in [5.74, 6) is -0.110. The molecule has 0 radical (unpaired) electrons. The first-order chi connectivity index (χ1) is 8.74. The van der Waals surface area contributed by atoms with Gasteiger partial charge in [0, 0.05) is 0 Å². The molecule has 4 heteroatoms. The van der Waals surface area contributed by atoms with Crippen LogP contribution in [-0.4, -0.2) is 23.2 Å². The number of hydrogen-bond donors (Lipinski definition) is 2. The molecular formula is C15H23NO3. The van der Waals surface area contributed by atoms with Gasteiger partial charge in [0.15, 0.2) is 0 Å². The minimum absolute atomic E-state index is 0.395. The summed E-state index contributed by atoms with van der Waals surface area (Å²) in [6, 6.07) is 4.12. The number of carbonyl (C=O) groups is 1. The first-order valence-electron chi connectivity index (χ1n) is 6.47. The van der Waals surface area contributed by atoms with Crippen molar-refractivity contribution in [1.29, 1.82) is 0 Å². The summed E-state index contributed by atoms with van der Waals surface area (Å²) in [6.45, 7) is 8.10. The van der Waals surface area contributed by atoms with Crippen molar-refractivity contribution in [2.75, 3.05) is 6.61 Å². The highest BCUT2D eigenvalue weighted by molar-refractivity contribution is 5.77. The Bertz CT molecular complexity index is 467. The third kappa shape index (κ3) is 4.24. The largest absolute Gasteiger partial charge is 0.493 e. The lowest BCUT2D eigenvalue weighted by molar-refractivity contribution is -0.142. The SMILES string of the molecule is Cc1cc(C)c(C)c(OCCCC(C)(N)C(=O)O)c1. The lowest BCUT2D eigenvalue weighted by Crippen LogP contribution is -2.44. The molecule has 0 aliphatic rings. The Kier molecular flexibility index (Phi) is 4.95. The van der Waals surface area contributed by atoms with Crippen molar-refractivity contribution in [3.05, 3.63) is 28.8 Å². The third-order valence-electron chi connectivity index (χ3n) is 3.35. The maximum absolute atomic E-state index is 10.9. The highest BCUT2D eigenvalue weighted by atomic mass is 16.5. The topological polar surface area (TPSA) is 72.5 Å². The monoisotopic (exact) mass is 265 g/mol. The zero-order valence-corrected chi connectivity index (χ0v) is 12.1. The Balaban J connectivity index is 2.53. The van der Waals surface area contributed by atoms with Crippen LogP contribution in [0.2, 0.25) is 0 Å². The Labute approximate surface area is 114 Å². The summed E-state index contributed by atoms with van der Waals surface area (Å²) >= 11 is 0. The van der Waals surface area contributed by atoms with Crippen molar-refractivity contribution in [3.8, 4) is 5.75 Å². The molecule has 0 amide bonds. The van der Waals surface area contributed by atoms with E-state index in [0.29, 0.717) is 19.4 Å². The van der Waals surface area contributed by atoms with Crippen LogP contribution in [0.3, 0.4) is 0 Å². The molecule has 0 aliphatic heterocycles. The van der Waals surface area contributed by atoms with E-state index in [-0.39, 0.29) is 0 Å². The van der Waals surface area contributed by atoms with Crippen molar-refractivity contribution < 1.29 is 14.6 Å². The van der Waals surface area contributed by atoms with E-state index in [9.17, 15) is 4.79 Å². The second-order valence-corrected chi connectivity index (χ2v) is 5.38. The van der Waals surface area contributed by atoms with Gasteiger partial charge < -0.3 is 15.6 Å². The molecule has 4 nitrogen and oxygen atoms in total. The second kappa shape index (κ2) is 6.06. The Morgan fingerprint density at radius 2 is 2.00 bits per heavy atom. The molecule has 0 aromatic heterocycles. The molecule has 0 heterocycles. The van der Waals surface area contributed by atoms with E-state index in [2.05, 4.69) is 13.0 Å². The van der Waals surface area contributed by atoms with E-state index in [1.54, 1.807) is 0 Å². The number of benzene rings is 1. The summed E-state index contributed by atoms with van der Waals surface area (Å²) < 4.78 is 5.73. The van der Waals surface area contributed by atoms with Gasteiger partial charge in [0.1, 0.15) is 11.3 Å². The summed E-state index contributed by atoms with van der Waals surface area (Å²) in [5, 5.41) is 8.91.